The molecule has 0 spiro atoms. The highest BCUT2D eigenvalue weighted by Gasteiger charge is 2.25. The third-order valence-electron chi connectivity index (χ3n) is 5.71. The molecule has 1 unspecified atom stereocenters. The predicted molar refractivity (Wildman–Crippen MR) is 119 cm³/mol. The molecule has 1 amide bonds. The normalized spacial score (nSPS) is 15.5. The van der Waals surface area contributed by atoms with Crippen molar-refractivity contribution in [2.75, 3.05) is 26.6 Å². The zero-order valence-electron chi connectivity index (χ0n) is 18.0. The van der Waals surface area contributed by atoms with Gasteiger partial charge in [-0.3, -0.25) is 4.79 Å². The number of benzene rings is 3. The van der Waals surface area contributed by atoms with E-state index >= 15 is 0 Å². The first-order valence-electron chi connectivity index (χ1n) is 10.8. The first kappa shape index (κ1) is 20.4. The molecule has 3 aromatic rings. The van der Waals surface area contributed by atoms with Gasteiger partial charge in [0.15, 0.2) is 11.5 Å². The predicted octanol–water partition coefficient (Wildman–Crippen LogP) is 4.58. The summed E-state index contributed by atoms with van der Waals surface area (Å²) in [6, 6.07) is 21.6. The lowest BCUT2D eigenvalue weighted by atomic mass is 9.98. The van der Waals surface area contributed by atoms with E-state index < -0.39 is 0 Å². The second-order valence-corrected chi connectivity index (χ2v) is 7.76. The number of nitrogens with zero attached hydrogens (tertiary/aromatic N) is 1. The molecule has 0 saturated carbocycles. The maximum Gasteiger partial charge on any atom is 0.254 e. The Labute approximate surface area is 187 Å². The first-order chi connectivity index (χ1) is 15.7. The molecule has 0 fully saturated rings. The van der Waals surface area contributed by atoms with Gasteiger partial charge in [-0.25, -0.2) is 0 Å². The van der Waals surface area contributed by atoms with Gasteiger partial charge in [0.2, 0.25) is 6.79 Å². The van der Waals surface area contributed by atoms with Crippen LogP contribution in [0.3, 0.4) is 0 Å². The number of ether oxygens (including phenoxy) is 4. The highest BCUT2D eigenvalue weighted by atomic mass is 16.7. The molecule has 0 aliphatic carbocycles. The molecule has 164 valence electrons. The van der Waals surface area contributed by atoms with Crippen LogP contribution in [0.15, 0.2) is 66.7 Å². The fraction of sp³-hybridized carbons (Fsp3) is 0.269. The number of amides is 1. The standard InChI is InChI=1S/C26H25NO5/c1-2-29-25(18-6-4-3-5-7-18)19-8-10-22-21(14-19)16-27(12-13-30-22)26(28)20-9-11-23-24(15-20)32-17-31-23/h3-11,14-15,25H,2,12-13,16-17H2,1H3. The molecular weight excluding hydrogens is 406 g/mol. The van der Waals surface area contributed by atoms with Gasteiger partial charge >= 0.3 is 0 Å². The zero-order valence-corrected chi connectivity index (χ0v) is 18.0. The Morgan fingerprint density at radius 1 is 0.938 bits per heavy atom. The smallest absolute Gasteiger partial charge is 0.254 e. The van der Waals surface area contributed by atoms with Crippen LogP contribution in [0, 0.1) is 0 Å². The van der Waals surface area contributed by atoms with E-state index in [1.807, 2.05) is 42.2 Å². The lowest BCUT2D eigenvalue weighted by Crippen LogP contribution is -2.32. The summed E-state index contributed by atoms with van der Waals surface area (Å²) < 4.78 is 22.8. The summed E-state index contributed by atoms with van der Waals surface area (Å²) in [5.41, 5.74) is 3.68. The second kappa shape index (κ2) is 8.93. The Morgan fingerprint density at radius 3 is 2.59 bits per heavy atom. The number of rotatable bonds is 5. The van der Waals surface area contributed by atoms with E-state index in [1.165, 1.54) is 0 Å². The largest absolute Gasteiger partial charge is 0.491 e. The minimum atomic E-state index is -0.173. The Bertz CT molecular complexity index is 1110. The minimum Gasteiger partial charge on any atom is -0.491 e. The van der Waals surface area contributed by atoms with Gasteiger partial charge < -0.3 is 23.8 Å². The average molecular weight is 431 g/mol. The number of fused-ring (bicyclic) bond motifs is 2. The van der Waals surface area contributed by atoms with Gasteiger partial charge in [-0.2, -0.15) is 0 Å². The van der Waals surface area contributed by atoms with Crippen molar-refractivity contribution in [3.63, 3.8) is 0 Å². The molecular formula is C26H25NO5. The summed E-state index contributed by atoms with van der Waals surface area (Å²) in [6.45, 7) is 4.18. The molecule has 1 atom stereocenters. The molecule has 6 nitrogen and oxygen atoms in total. The summed E-state index contributed by atoms with van der Waals surface area (Å²) in [5, 5.41) is 0. The van der Waals surface area contributed by atoms with Crippen LogP contribution >= 0.6 is 0 Å². The number of carbonyl (C=O) groups is 1. The highest BCUT2D eigenvalue weighted by Crippen LogP contribution is 2.34. The van der Waals surface area contributed by atoms with E-state index in [-0.39, 0.29) is 18.8 Å². The number of hydrogen-bond acceptors (Lipinski definition) is 5. The summed E-state index contributed by atoms with van der Waals surface area (Å²) in [6.07, 6.45) is -0.173. The molecule has 0 bridgehead atoms. The van der Waals surface area contributed by atoms with Crippen LogP contribution in [0.2, 0.25) is 0 Å². The number of carbonyl (C=O) groups excluding carboxylic acids is 1. The van der Waals surface area contributed by atoms with E-state index in [9.17, 15) is 4.79 Å². The van der Waals surface area contributed by atoms with Crippen molar-refractivity contribution in [3.8, 4) is 17.2 Å². The third kappa shape index (κ3) is 4.01. The SMILES string of the molecule is CCOC(c1ccccc1)c1ccc2c(c1)CN(C(=O)c1ccc3c(c1)OCO3)CCO2. The Hall–Kier alpha value is -3.51. The Morgan fingerprint density at radius 2 is 1.75 bits per heavy atom. The topological polar surface area (TPSA) is 57.2 Å². The molecule has 5 rings (SSSR count). The van der Waals surface area contributed by atoms with Crippen molar-refractivity contribution in [1.82, 2.24) is 4.90 Å². The van der Waals surface area contributed by atoms with E-state index in [4.69, 9.17) is 18.9 Å². The van der Waals surface area contributed by atoms with Gasteiger partial charge in [-0.05, 0) is 48.4 Å². The quantitative estimate of drug-likeness (QED) is 0.592. The zero-order chi connectivity index (χ0) is 21.9. The monoisotopic (exact) mass is 431 g/mol. The van der Waals surface area contributed by atoms with Crippen molar-refractivity contribution in [3.05, 3.63) is 89.0 Å². The fourth-order valence-electron chi connectivity index (χ4n) is 4.14. The summed E-state index contributed by atoms with van der Waals surface area (Å²) in [4.78, 5) is 15.1. The van der Waals surface area contributed by atoms with Crippen molar-refractivity contribution in [2.24, 2.45) is 0 Å². The first-order valence-corrected chi connectivity index (χ1v) is 10.8. The maximum absolute atomic E-state index is 13.3. The van der Waals surface area contributed by atoms with Crippen LogP contribution in [0.5, 0.6) is 17.2 Å². The van der Waals surface area contributed by atoms with Gasteiger partial charge in [-0.15, -0.1) is 0 Å². The molecule has 0 N–H and O–H groups in total. The molecule has 2 aliphatic rings. The van der Waals surface area contributed by atoms with Gasteiger partial charge in [0.25, 0.3) is 5.91 Å². The van der Waals surface area contributed by atoms with Gasteiger partial charge in [0.05, 0.1) is 6.54 Å². The van der Waals surface area contributed by atoms with Crippen LogP contribution in [0.25, 0.3) is 0 Å². The van der Waals surface area contributed by atoms with Crippen LogP contribution in [0.4, 0.5) is 0 Å². The minimum absolute atomic E-state index is 0.0606. The van der Waals surface area contributed by atoms with E-state index in [1.54, 1.807) is 18.2 Å². The molecule has 2 aliphatic heterocycles. The van der Waals surface area contributed by atoms with Crippen LogP contribution < -0.4 is 14.2 Å². The average Bonchev–Trinajstić information content (AvgIpc) is 3.20. The van der Waals surface area contributed by atoms with Gasteiger partial charge in [0.1, 0.15) is 18.5 Å². The third-order valence-corrected chi connectivity index (χ3v) is 5.71. The molecule has 0 radical (unpaired) electrons. The van der Waals surface area contributed by atoms with E-state index in [0.717, 1.165) is 22.4 Å². The molecule has 6 heteroatoms. The Kier molecular flexibility index (Phi) is 5.69. The molecule has 3 aromatic carbocycles. The van der Waals surface area contributed by atoms with Crippen LogP contribution in [0.1, 0.15) is 40.1 Å². The van der Waals surface area contributed by atoms with Crippen molar-refractivity contribution < 1.29 is 23.7 Å². The van der Waals surface area contributed by atoms with Gasteiger partial charge in [0, 0.05) is 24.3 Å². The van der Waals surface area contributed by atoms with Crippen molar-refractivity contribution in [2.45, 2.75) is 19.6 Å². The second-order valence-electron chi connectivity index (χ2n) is 7.76. The van der Waals surface area contributed by atoms with Crippen LogP contribution in [-0.2, 0) is 11.3 Å². The van der Waals surface area contributed by atoms with E-state index in [0.29, 0.717) is 43.4 Å². The van der Waals surface area contributed by atoms with Crippen LogP contribution in [-0.4, -0.2) is 37.4 Å². The van der Waals surface area contributed by atoms with Crippen molar-refractivity contribution >= 4 is 5.91 Å². The van der Waals surface area contributed by atoms with Gasteiger partial charge in [-0.1, -0.05) is 36.4 Å². The summed E-state index contributed by atoms with van der Waals surface area (Å²) in [7, 11) is 0. The van der Waals surface area contributed by atoms with E-state index in [2.05, 4.69) is 18.2 Å². The summed E-state index contributed by atoms with van der Waals surface area (Å²) >= 11 is 0. The molecule has 2 heterocycles. The fourth-order valence-corrected chi connectivity index (χ4v) is 4.14. The Balaban J connectivity index is 1.42. The highest BCUT2D eigenvalue weighted by molar-refractivity contribution is 5.95. The van der Waals surface area contributed by atoms with Crippen molar-refractivity contribution in [1.29, 1.82) is 0 Å². The lowest BCUT2D eigenvalue weighted by Gasteiger charge is -2.22. The number of hydrogen-bond donors (Lipinski definition) is 0. The lowest BCUT2D eigenvalue weighted by molar-refractivity contribution is 0.0732. The maximum atomic E-state index is 13.3. The molecule has 32 heavy (non-hydrogen) atoms. The summed E-state index contributed by atoms with van der Waals surface area (Å²) in [5.74, 6) is 2.01. The molecule has 0 saturated heterocycles. The molecule has 0 aromatic heterocycles.